The van der Waals surface area contributed by atoms with Crippen LogP contribution in [0, 0.1) is 5.92 Å². The highest BCUT2D eigenvalue weighted by molar-refractivity contribution is 5.27. The van der Waals surface area contributed by atoms with E-state index in [-0.39, 0.29) is 6.01 Å². The molecule has 1 saturated carbocycles. The lowest BCUT2D eigenvalue weighted by atomic mass is 9.72. The number of nitrogens with zero attached hydrogens (tertiary/aromatic N) is 3. The molecule has 0 N–H and O–H groups in total. The van der Waals surface area contributed by atoms with E-state index in [2.05, 4.69) is 39.1 Å². The zero-order chi connectivity index (χ0) is 19.3. The van der Waals surface area contributed by atoms with E-state index in [9.17, 15) is 0 Å². The van der Waals surface area contributed by atoms with Gasteiger partial charge in [0.05, 0.1) is 26.9 Å². The van der Waals surface area contributed by atoms with E-state index in [0.717, 1.165) is 19.4 Å². The second kappa shape index (κ2) is 8.78. The van der Waals surface area contributed by atoms with Crippen LogP contribution in [0.1, 0.15) is 42.7 Å². The average Bonchev–Trinajstić information content (AvgIpc) is 3.20. The molecule has 1 aromatic carbocycles. The summed E-state index contributed by atoms with van der Waals surface area (Å²) in [6, 6.07) is 11.2. The van der Waals surface area contributed by atoms with Crippen LogP contribution >= 0.6 is 0 Å². The van der Waals surface area contributed by atoms with Crippen LogP contribution in [0.4, 0.5) is 0 Å². The molecule has 2 heterocycles. The summed E-state index contributed by atoms with van der Waals surface area (Å²) in [5.41, 5.74) is 2.88. The Labute approximate surface area is 166 Å². The topological polar surface area (TPSA) is 56.7 Å². The van der Waals surface area contributed by atoms with Crippen LogP contribution in [-0.2, 0) is 6.54 Å². The van der Waals surface area contributed by atoms with E-state index in [4.69, 9.17) is 14.2 Å². The van der Waals surface area contributed by atoms with Crippen LogP contribution in [0.3, 0.4) is 0 Å². The van der Waals surface area contributed by atoms with Gasteiger partial charge < -0.3 is 14.2 Å². The highest BCUT2D eigenvalue weighted by Crippen LogP contribution is 2.41. The Morgan fingerprint density at radius 3 is 2.36 bits per heavy atom. The van der Waals surface area contributed by atoms with E-state index in [0.29, 0.717) is 30.2 Å². The fourth-order valence-corrected chi connectivity index (χ4v) is 4.09. The minimum absolute atomic E-state index is 0.259. The van der Waals surface area contributed by atoms with Crippen LogP contribution in [-0.4, -0.2) is 48.8 Å². The Bertz CT molecular complexity index is 747. The predicted octanol–water partition coefficient (Wildman–Crippen LogP) is 3.66. The van der Waals surface area contributed by atoms with Crippen molar-refractivity contribution in [1.29, 1.82) is 0 Å². The van der Waals surface area contributed by atoms with Gasteiger partial charge in [-0.2, -0.15) is 9.97 Å². The molecule has 2 aromatic rings. The number of aromatic nitrogens is 2. The van der Waals surface area contributed by atoms with Gasteiger partial charge in [-0.05, 0) is 61.7 Å². The van der Waals surface area contributed by atoms with Crippen molar-refractivity contribution in [3.8, 4) is 17.8 Å². The third-order valence-corrected chi connectivity index (χ3v) is 5.81. The molecule has 2 fully saturated rings. The monoisotopic (exact) mass is 383 g/mol. The molecular formula is C22H29N3O3. The Morgan fingerprint density at radius 1 is 0.964 bits per heavy atom. The van der Waals surface area contributed by atoms with Gasteiger partial charge in [-0.1, -0.05) is 24.3 Å². The van der Waals surface area contributed by atoms with Gasteiger partial charge in [0.25, 0.3) is 0 Å². The summed E-state index contributed by atoms with van der Waals surface area (Å²) in [6.45, 7) is 4.24. The molecule has 6 heteroatoms. The molecule has 2 aliphatic rings. The Balaban J connectivity index is 1.24. The summed E-state index contributed by atoms with van der Waals surface area (Å²) >= 11 is 0. The van der Waals surface area contributed by atoms with Gasteiger partial charge >= 0.3 is 6.01 Å². The van der Waals surface area contributed by atoms with Gasteiger partial charge in [0.1, 0.15) is 0 Å². The first-order chi connectivity index (χ1) is 13.7. The molecule has 1 aromatic heterocycles. The summed E-state index contributed by atoms with van der Waals surface area (Å²) in [5, 5.41) is 0. The number of hydrogen-bond acceptors (Lipinski definition) is 6. The van der Waals surface area contributed by atoms with Gasteiger partial charge in [-0.15, -0.1) is 0 Å². The maximum absolute atomic E-state index is 5.86. The molecule has 4 rings (SSSR count). The lowest BCUT2D eigenvalue weighted by Gasteiger charge is -2.35. The highest BCUT2D eigenvalue weighted by atomic mass is 16.5. The summed E-state index contributed by atoms with van der Waals surface area (Å²) in [7, 11) is 3.10. The SMILES string of the molecule is COc1cc(OCC2CC(c3ccc(CN4CCCC4)cc3)C2)nc(OC)n1. The van der Waals surface area contributed by atoms with Crippen molar-refractivity contribution in [2.75, 3.05) is 33.9 Å². The van der Waals surface area contributed by atoms with Gasteiger partial charge in [-0.3, -0.25) is 4.90 Å². The number of rotatable bonds is 8. The summed E-state index contributed by atoms with van der Waals surface area (Å²) in [6.07, 6.45) is 5.01. The second-order valence-corrected chi connectivity index (χ2v) is 7.81. The minimum Gasteiger partial charge on any atom is -0.481 e. The third-order valence-electron chi connectivity index (χ3n) is 5.81. The zero-order valence-corrected chi connectivity index (χ0v) is 16.8. The standard InChI is InChI=1S/C22H29N3O3/c1-26-20-13-21(24-22(23-20)27-2)28-15-17-11-19(12-17)18-7-5-16(6-8-18)14-25-9-3-4-10-25/h5-8,13,17,19H,3-4,9-12,14-15H2,1-2H3. The lowest BCUT2D eigenvalue weighted by molar-refractivity contribution is 0.152. The van der Waals surface area contributed by atoms with Crippen molar-refractivity contribution in [1.82, 2.24) is 14.9 Å². The molecule has 1 saturated heterocycles. The maximum Gasteiger partial charge on any atom is 0.322 e. The van der Waals surface area contributed by atoms with E-state index in [1.165, 1.54) is 44.2 Å². The van der Waals surface area contributed by atoms with Crippen molar-refractivity contribution in [2.24, 2.45) is 5.92 Å². The molecule has 28 heavy (non-hydrogen) atoms. The Morgan fingerprint density at radius 2 is 1.68 bits per heavy atom. The first-order valence-corrected chi connectivity index (χ1v) is 10.1. The highest BCUT2D eigenvalue weighted by Gasteiger charge is 2.31. The van der Waals surface area contributed by atoms with Gasteiger partial charge in [0.15, 0.2) is 0 Å². The summed E-state index contributed by atoms with van der Waals surface area (Å²) in [4.78, 5) is 10.8. The van der Waals surface area contributed by atoms with Crippen LogP contribution in [0.25, 0.3) is 0 Å². The number of hydrogen-bond donors (Lipinski definition) is 0. The predicted molar refractivity (Wildman–Crippen MR) is 107 cm³/mol. The number of ether oxygens (including phenoxy) is 3. The maximum atomic E-state index is 5.86. The van der Waals surface area contributed by atoms with Crippen molar-refractivity contribution >= 4 is 0 Å². The van der Waals surface area contributed by atoms with E-state index in [1.54, 1.807) is 13.2 Å². The van der Waals surface area contributed by atoms with Crippen molar-refractivity contribution in [3.63, 3.8) is 0 Å². The molecular weight excluding hydrogens is 354 g/mol. The molecule has 0 amide bonds. The molecule has 0 radical (unpaired) electrons. The largest absolute Gasteiger partial charge is 0.481 e. The van der Waals surface area contributed by atoms with Crippen LogP contribution < -0.4 is 14.2 Å². The summed E-state index contributed by atoms with van der Waals surface area (Å²) in [5.74, 6) is 2.14. The summed E-state index contributed by atoms with van der Waals surface area (Å²) < 4.78 is 16.1. The molecule has 0 atom stereocenters. The van der Waals surface area contributed by atoms with Crippen LogP contribution in [0.5, 0.6) is 17.8 Å². The number of benzene rings is 1. The lowest BCUT2D eigenvalue weighted by Crippen LogP contribution is -2.27. The Hall–Kier alpha value is -2.34. The van der Waals surface area contributed by atoms with Crippen LogP contribution in [0.15, 0.2) is 30.3 Å². The molecule has 1 aliphatic carbocycles. The van der Waals surface area contributed by atoms with E-state index < -0.39 is 0 Å². The first-order valence-electron chi connectivity index (χ1n) is 10.1. The molecule has 0 spiro atoms. The minimum atomic E-state index is 0.259. The fraction of sp³-hybridized carbons (Fsp3) is 0.545. The number of methoxy groups -OCH3 is 2. The van der Waals surface area contributed by atoms with Gasteiger partial charge in [-0.25, -0.2) is 0 Å². The Kier molecular flexibility index (Phi) is 5.95. The third kappa shape index (κ3) is 4.55. The van der Waals surface area contributed by atoms with Crippen molar-refractivity contribution < 1.29 is 14.2 Å². The quantitative estimate of drug-likeness (QED) is 0.693. The number of likely N-dealkylation sites (tertiary alicyclic amines) is 1. The molecule has 6 nitrogen and oxygen atoms in total. The normalized spacial score (nSPS) is 21.9. The zero-order valence-electron chi connectivity index (χ0n) is 16.8. The molecule has 0 unspecified atom stereocenters. The second-order valence-electron chi connectivity index (χ2n) is 7.81. The van der Waals surface area contributed by atoms with Gasteiger partial charge in [0.2, 0.25) is 11.8 Å². The van der Waals surface area contributed by atoms with Crippen molar-refractivity contribution in [2.45, 2.75) is 38.1 Å². The van der Waals surface area contributed by atoms with E-state index in [1.807, 2.05) is 0 Å². The van der Waals surface area contributed by atoms with E-state index >= 15 is 0 Å². The van der Waals surface area contributed by atoms with Gasteiger partial charge in [0, 0.05) is 6.54 Å². The average molecular weight is 383 g/mol. The molecule has 0 bridgehead atoms. The smallest absolute Gasteiger partial charge is 0.322 e. The first kappa shape index (κ1) is 19.0. The van der Waals surface area contributed by atoms with Crippen molar-refractivity contribution in [3.05, 3.63) is 41.5 Å². The van der Waals surface area contributed by atoms with Crippen LogP contribution in [0.2, 0.25) is 0 Å². The fourth-order valence-electron chi connectivity index (χ4n) is 4.09. The molecule has 150 valence electrons. The molecule has 1 aliphatic heterocycles.